The molecule has 0 aromatic carbocycles. The maximum Gasteiger partial charge on any atom is 0.188 e. The van der Waals surface area contributed by atoms with Gasteiger partial charge in [-0.3, -0.25) is 4.99 Å². The van der Waals surface area contributed by atoms with Crippen LogP contribution in [0, 0.1) is 0 Å². The average molecular weight is 243 g/mol. The van der Waals surface area contributed by atoms with Gasteiger partial charge in [0, 0.05) is 26.3 Å². The Morgan fingerprint density at radius 1 is 1.12 bits per heavy atom. The fourth-order valence-electron chi connectivity index (χ4n) is 1.48. The summed E-state index contributed by atoms with van der Waals surface area (Å²) in [5.74, 6) is 0.581. The van der Waals surface area contributed by atoms with Crippen LogP contribution in [0.3, 0.4) is 0 Å². The summed E-state index contributed by atoms with van der Waals surface area (Å²) < 4.78 is 5.25. The van der Waals surface area contributed by atoms with Crippen molar-refractivity contribution in [2.45, 2.75) is 52.4 Å². The van der Waals surface area contributed by atoms with Crippen molar-refractivity contribution in [3.05, 3.63) is 0 Å². The molecule has 0 saturated carbocycles. The standard InChI is InChI=1S/C13H29N3O/c1-3-5-6-7-10-15-13(14)16-11-8-9-12-17-4-2/h3-12H2,1-2H3,(H3,14,15,16). The largest absolute Gasteiger partial charge is 0.382 e. The van der Waals surface area contributed by atoms with Crippen LogP contribution in [0.1, 0.15) is 52.4 Å². The lowest BCUT2D eigenvalue weighted by Gasteiger charge is -2.05. The summed E-state index contributed by atoms with van der Waals surface area (Å²) >= 11 is 0. The van der Waals surface area contributed by atoms with Crippen LogP contribution >= 0.6 is 0 Å². The van der Waals surface area contributed by atoms with E-state index in [0.29, 0.717) is 5.96 Å². The smallest absolute Gasteiger partial charge is 0.188 e. The molecule has 0 radical (unpaired) electrons. The molecule has 0 aromatic heterocycles. The number of hydrogen-bond donors (Lipinski definition) is 2. The molecule has 17 heavy (non-hydrogen) atoms. The Kier molecular flexibility index (Phi) is 12.7. The van der Waals surface area contributed by atoms with Crippen LogP contribution in [-0.4, -0.2) is 32.3 Å². The summed E-state index contributed by atoms with van der Waals surface area (Å²) in [7, 11) is 0. The molecule has 0 aromatic rings. The van der Waals surface area contributed by atoms with Gasteiger partial charge in [-0.25, -0.2) is 0 Å². The lowest BCUT2D eigenvalue weighted by molar-refractivity contribution is 0.143. The number of nitrogens with one attached hydrogen (secondary N) is 1. The predicted molar refractivity (Wildman–Crippen MR) is 74.4 cm³/mol. The lowest BCUT2D eigenvalue weighted by Crippen LogP contribution is -2.32. The van der Waals surface area contributed by atoms with E-state index in [-0.39, 0.29) is 0 Å². The van der Waals surface area contributed by atoms with Crippen LogP contribution in [0.15, 0.2) is 4.99 Å². The van der Waals surface area contributed by atoms with E-state index in [0.717, 1.165) is 45.6 Å². The van der Waals surface area contributed by atoms with Gasteiger partial charge in [0.05, 0.1) is 0 Å². The molecule has 0 fully saturated rings. The summed E-state index contributed by atoms with van der Waals surface area (Å²) in [4.78, 5) is 4.28. The van der Waals surface area contributed by atoms with Gasteiger partial charge in [0.25, 0.3) is 0 Å². The first-order valence-corrected chi connectivity index (χ1v) is 6.92. The topological polar surface area (TPSA) is 59.6 Å². The fraction of sp³-hybridized carbons (Fsp3) is 0.923. The van der Waals surface area contributed by atoms with E-state index in [1.165, 1.54) is 19.3 Å². The molecule has 0 aliphatic heterocycles. The second-order valence-electron chi connectivity index (χ2n) is 4.16. The molecule has 3 N–H and O–H groups in total. The highest BCUT2D eigenvalue weighted by Crippen LogP contribution is 1.98. The molecule has 0 amide bonds. The van der Waals surface area contributed by atoms with Crippen LogP contribution in [0.2, 0.25) is 0 Å². The summed E-state index contributed by atoms with van der Waals surface area (Å²) in [5, 5.41) is 3.12. The van der Waals surface area contributed by atoms with Crippen molar-refractivity contribution in [3.63, 3.8) is 0 Å². The van der Waals surface area contributed by atoms with E-state index in [2.05, 4.69) is 17.2 Å². The zero-order valence-electron chi connectivity index (χ0n) is 11.5. The van der Waals surface area contributed by atoms with Gasteiger partial charge in [-0.15, -0.1) is 0 Å². The number of aliphatic imine (C=N–C) groups is 1. The first kappa shape index (κ1) is 16.2. The molecule has 0 spiro atoms. The number of guanidine groups is 1. The molecular formula is C13H29N3O. The molecular weight excluding hydrogens is 214 g/mol. The highest BCUT2D eigenvalue weighted by molar-refractivity contribution is 5.77. The van der Waals surface area contributed by atoms with Crippen LogP contribution < -0.4 is 11.1 Å². The molecule has 4 heteroatoms. The molecule has 0 heterocycles. The third kappa shape index (κ3) is 13.2. The Balaban J connectivity index is 3.26. The molecule has 0 atom stereocenters. The molecule has 0 unspecified atom stereocenters. The molecule has 0 saturated heterocycles. The van der Waals surface area contributed by atoms with Crippen molar-refractivity contribution in [2.75, 3.05) is 26.3 Å². The predicted octanol–water partition coefficient (Wildman–Crippen LogP) is 2.29. The number of rotatable bonds is 11. The number of ether oxygens (including phenoxy) is 1. The van der Waals surface area contributed by atoms with E-state index in [1.54, 1.807) is 0 Å². The number of unbranched alkanes of at least 4 members (excludes halogenated alkanes) is 4. The normalized spacial score (nSPS) is 11.8. The fourth-order valence-corrected chi connectivity index (χ4v) is 1.48. The van der Waals surface area contributed by atoms with Gasteiger partial charge in [-0.2, -0.15) is 0 Å². The minimum atomic E-state index is 0.581. The van der Waals surface area contributed by atoms with E-state index in [4.69, 9.17) is 10.5 Å². The van der Waals surface area contributed by atoms with Gasteiger partial charge < -0.3 is 15.8 Å². The second-order valence-corrected chi connectivity index (χ2v) is 4.16. The van der Waals surface area contributed by atoms with Gasteiger partial charge in [0.15, 0.2) is 5.96 Å². The van der Waals surface area contributed by atoms with Gasteiger partial charge in [-0.05, 0) is 26.2 Å². The van der Waals surface area contributed by atoms with Gasteiger partial charge >= 0.3 is 0 Å². The Hall–Kier alpha value is -0.770. The summed E-state index contributed by atoms with van der Waals surface area (Å²) in [6.45, 7) is 7.60. The van der Waals surface area contributed by atoms with E-state index >= 15 is 0 Å². The van der Waals surface area contributed by atoms with Crippen molar-refractivity contribution in [3.8, 4) is 0 Å². The zero-order chi connectivity index (χ0) is 12.8. The van der Waals surface area contributed by atoms with E-state index < -0.39 is 0 Å². The Morgan fingerprint density at radius 3 is 2.65 bits per heavy atom. The van der Waals surface area contributed by atoms with Gasteiger partial charge in [0.1, 0.15) is 0 Å². The van der Waals surface area contributed by atoms with Crippen molar-refractivity contribution in [1.82, 2.24) is 5.32 Å². The lowest BCUT2D eigenvalue weighted by atomic mass is 10.2. The summed E-state index contributed by atoms with van der Waals surface area (Å²) in [6, 6.07) is 0. The van der Waals surface area contributed by atoms with Crippen LogP contribution in [0.25, 0.3) is 0 Å². The second kappa shape index (κ2) is 13.3. The van der Waals surface area contributed by atoms with Crippen molar-refractivity contribution in [1.29, 1.82) is 0 Å². The maximum absolute atomic E-state index is 5.74. The maximum atomic E-state index is 5.74. The highest BCUT2D eigenvalue weighted by atomic mass is 16.5. The number of nitrogens with two attached hydrogens (primary N) is 1. The van der Waals surface area contributed by atoms with Crippen molar-refractivity contribution in [2.24, 2.45) is 10.7 Å². The van der Waals surface area contributed by atoms with Crippen molar-refractivity contribution < 1.29 is 4.74 Å². The van der Waals surface area contributed by atoms with Gasteiger partial charge in [-0.1, -0.05) is 26.2 Å². The Labute approximate surface area is 106 Å². The third-order valence-corrected chi connectivity index (χ3v) is 2.52. The van der Waals surface area contributed by atoms with Crippen molar-refractivity contribution >= 4 is 5.96 Å². The molecule has 0 rings (SSSR count). The Morgan fingerprint density at radius 2 is 1.94 bits per heavy atom. The number of hydrogen-bond acceptors (Lipinski definition) is 2. The molecule has 0 bridgehead atoms. The summed E-state index contributed by atoms with van der Waals surface area (Å²) in [5.41, 5.74) is 5.74. The molecule has 4 nitrogen and oxygen atoms in total. The first-order chi connectivity index (χ1) is 8.31. The first-order valence-electron chi connectivity index (χ1n) is 6.92. The Bertz CT molecular complexity index is 184. The minimum Gasteiger partial charge on any atom is -0.382 e. The van der Waals surface area contributed by atoms with Crippen LogP contribution in [0.5, 0.6) is 0 Å². The summed E-state index contributed by atoms with van der Waals surface area (Å²) in [6.07, 6.45) is 7.09. The molecule has 0 aliphatic rings. The molecule has 102 valence electrons. The quantitative estimate of drug-likeness (QED) is 0.332. The van der Waals surface area contributed by atoms with E-state index in [1.807, 2.05) is 6.92 Å². The van der Waals surface area contributed by atoms with Gasteiger partial charge in [0.2, 0.25) is 0 Å². The highest BCUT2D eigenvalue weighted by Gasteiger charge is 1.92. The minimum absolute atomic E-state index is 0.581. The third-order valence-electron chi connectivity index (χ3n) is 2.52. The average Bonchev–Trinajstić information content (AvgIpc) is 2.33. The zero-order valence-corrected chi connectivity index (χ0v) is 11.5. The van der Waals surface area contributed by atoms with E-state index in [9.17, 15) is 0 Å². The number of nitrogens with zero attached hydrogens (tertiary/aromatic N) is 1. The van der Waals surface area contributed by atoms with Crippen LogP contribution in [-0.2, 0) is 4.74 Å². The van der Waals surface area contributed by atoms with Crippen LogP contribution in [0.4, 0.5) is 0 Å². The monoisotopic (exact) mass is 243 g/mol. The molecule has 0 aliphatic carbocycles. The SMILES string of the molecule is CCCCCCN=C(N)NCCCCOCC.